The first-order valence-corrected chi connectivity index (χ1v) is 5.41. The van der Waals surface area contributed by atoms with E-state index in [1.54, 1.807) is 7.11 Å². The summed E-state index contributed by atoms with van der Waals surface area (Å²) in [6, 6.07) is 9.70. The Morgan fingerprint density at radius 1 is 1.38 bits per heavy atom. The maximum atomic E-state index is 5.92. The minimum atomic E-state index is 0.533. The Bertz CT molecular complexity index is 324. The molecule has 0 atom stereocenters. The molecule has 1 rings (SSSR count). The summed E-state index contributed by atoms with van der Waals surface area (Å²) in [7, 11) is 1.68. The summed E-state index contributed by atoms with van der Waals surface area (Å²) in [5.74, 6) is 0.533. The molecular formula is C12H19N3O. The molecule has 0 fully saturated rings. The zero-order valence-corrected chi connectivity index (χ0v) is 9.89. The first-order valence-electron chi connectivity index (χ1n) is 5.41. The summed E-state index contributed by atoms with van der Waals surface area (Å²) in [6.45, 7) is 4.28. The number of likely N-dealkylation sites (N-methyl/N-ethyl adjacent to an activating group) is 1. The van der Waals surface area contributed by atoms with Crippen LogP contribution in [0.2, 0.25) is 0 Å². The third-order valence-corrected chi connectivity index (χ3v) is 2.27. The fraction of sp³-hybridized carbons (Fsp3) is 0.417. The summed E-state index contributed by atoms with van der Waals surface area (Å²) in [6.07, 6.45) is 0. The van der Waals surface area contributed by atoms with Crippen molar-refractivity contribution in [2.75, 3.05) is 26.8 Å². The minimum absolute atomic E-state index is 0.533. The molecule has 0 aliphatic carbocycles. The van der Waals surface area contributed by atoms with Crippen molar-refractivity contribution in [1.82, 2.24) is 4.90 Å². The number of hydrogen-bond donors (Lipinski definition) is 1. The molecule has 4 nitrogen and oxygen atoms in total. The van der Waals surface area contributed by atoms with Gasteiger partial charge in [0.2, 0.25) is 0 Å². The Hall–Kier alpha value is -1.55. The lowest BCUT2D eigenvalue weighted by Crippen LogP contribution is -2.39. The molecule has 0 saturated carbocycles. The average Bonchev–Trinajstić information content (AvgIpc) is 2.31. The van der Waals surface area contributed by atoms with Gasteiger partial charge in [-0.05, 0) is 19.1 Å². The summed E-state index contributed by atoms with van der Waals surface area (Å²) in [5.41, 5.74) is 6.79. The maximum Gasteiger partial charge on any atom is 0.196 e. The second kappa shape index (κ2) is 6.85. The van der Waals surface area contributed by atoms with Crippen LogP contribution in [-0.2, 0) is 4.74 Å². The van der Waals surface area contributed by atoms with Gasteiger partial charge >= 0.3 is 0 Å². The standard InChI is InChI=1S/C12H19N3O/c1-3-15(9-10-16-2)12(13)14-11-7-5-4-6-8-11/h4-8H,3,9-10H2,1-2H3,(H2,13,14). The van der Waals surface area contributed by atoms with E-state index < -0.39 is 0 Å². The number of methoxy groups -OCH3 is 1. The molecule has 0 unspecified atom stereocenters. The van der Waals surface area contributed by atoms with Gasteiger partial charge in [0.1, 0.15) is 0 Å². The van der Waals surface area contributed by atoms with E-state index >= 15 is 0 Å². The molecule has 88 valence electrons. The van der Waals surface area contributed by atoms with Gasteiger partial charge in [-0.2, -0.15) is 0 Å². The van der Waals surface area contributed by atoms with Crippen LogP contribution in [0.25, 0.3) is 0 Å². The topological polar surface area (TPSA) is 50.9 Å². The second-order valence-electron chi connectivity index (χ2n) is 3.38. The molecule has 0 amide bonds. The molecule has 4 heteroatoms. The molecule has 0 aliphatic rings. The highest BCUT2D eigenvalue weighted by molar-refractivity contribution is 5.81. The lowest BCUT2D eigenvalue weighted by molar-refractivity contribution is 0.177. The number of nitrogens with two attached hydrogens (primary N) is 1. The number of benzene rings is 1. The van der Waals surface area contributed by atoms with Crippen LogP contribution in [0.3, 0.4) is 0 Å². The lowest BCUT2D eigenvalue weighted by atomic mass is 10.3. The van der Waals surface area contributed by atoms with Crippen molar-refractivity contribution in [3.05, 3.63) is 30.3 Å². The zero-order chi connectivity index (χ0) is 11.8. The first kappa shape index (κ1) is 12.5. The number of rotatable bonds is 5. The predicted molar refractivity (Wildman–Crippen MR) is 66.8 cm³/mol. The average molecular weight is 221 g/mol. The summed E-state index contributed by atoms with van der Waals surface area (Å²) in [4.78, 5) is 6.33. The quantitative estimate of drug-likeness (QED) is 0.607. The van der Waals surface area contributed by atoms with Crippen LogP contribution in [-0.4, -0.2) is 37.7 Å². The predicted octanol–water partition coefficient (Wildman–Crippen LogP) is 1.60. The van der Waals surface area contributed by atoms with Crippen LogP contribution in [0, 0.1) is 0 Å². The Morgan fingerprint density at radius 2 is 2.06 bits per heavy atom. The van der Waals surface area contributed by atoms with Gasteiger partial charge in [0.05, 0.1) is 12.3 Å². The van der Waals surface area contributed by atoms with Crippen molar-refractivity contribution in [1.29, 1.82) is 0 Å². The molecule has 0 saturated heterocycles. The summed E-state index contributed by atoms with van der Waals surface area (Å²) >= 11 is 0. The van der Waals surface area contributed by atoms with E-state index in [0.717, 1.165) is 18.8 Å². The van der Waals surface area contributed by atoms with Crippen LogP contribution in [0.5, 0.6) is 0 Å². The van der Waals surface area contributed by atoms with Crippen LogP contribution < -0.4 is 5.73 Å². The van der Waals surface area contributed by atoms with E-state index in [1.807, 2.05) is 42.2 Å². The van der Waals surface area contributed by atoms with Gasteiger partial charge < -0.3 is 15.4 Å². The van der Waals surface area contributed by atoms with Crippen LogP contribution in [0.1, 0.15) is 6.92 Å². The molecule has 0 aliphatic heterocycles. The van der Waals surface area contributed by atoms with E-state index in [4.69, 9.17) is 10.5 Å². The summed E-state index contributed by atoms with van der Waals surface area (Å²) < 4.78 is 5.02. The summed E-state index contributed by atoms with van der Waals surface area (Å²) in [5, 5.41) is 0. The van der Waals surface area contributed by atoms with E-state index in [-0.39, 0.29) is 0 Å². The number of para-hydroxylation sites is 1. The van der Waals surface area contributed by atoms with Gasteiger partial charge in [-0.15, -0.1) is 0 Å². The van der Waals surface area contributed by atoms with Crippen molar-refractivity contribution in [2.24, 2.45) is 10.7 Å². The number of aliphatic imine (C=N–C) groups is 1. The second-order valence-corrected chi connectivity index (χ2v) is 3.38. The van der Waals surface area contributed by atoms with Gasteiger partial charge in [-0.3, -0.25) is 0 Å². The molecule has 0 radical (unpaired) electrons. The molecular weight excluding hydrogens is 202 g/mol. The lowest BCUT2D eigenvalue weighted by Gasteiger charge is -2.21. The number of ether oxygens (including phenoxy) is 1. The Morgan fingerprint density at radius 3 is 2.62 bits per heavy atom. The monoisotopic (exact) mass is 221 g/mol. The van der Waals surface area contributed by atoms with Gasteiger partial charge in [-0.25, -0.2) is 4.99 Å². The van der Waals surface area contributed by atoms with Crippen molar-refractivity contribution in [3.8, 4) is 0 Å². The van der Waals surface area contributed by atoms with Gasteiger partial charge in [-0.1, -0.05) is 18.2 Å². The van der Waals surface area contributed by atoms with E-state index in [2.05, 4.69) is 4.99 Å². The van der Waals surface area contributed by atoms with E-state index in [9.17, 15) is 0 Å². The molecule has 0 aromatic heterocycles. The van der Waals surface area contributed by atoms with Crippen LogP contribution >= 0.6 is 0 Å². The third kappa shape index (κ3) is 3.90. The zero-order valence-electron chi connectivity index (χ0n) is 9.89. The normalized spacial score (nSPS) is 11.5. The van der Waals surface area contributed by atoms with Crippen molar-refractivity contribution in [2.45, 2.75) is 6.92 Å². The highest BCUT2D eigenvalue weighted by Gasteiger charge is 2.04. The van der Waals surface area contributed by atoms with E-state index in [0.29, 0.717) is 12.6 Å². The Kier molecular flexibility index (Phi) is 5.36. The van der Waals surface area contributed by atoms with Crippen molar-refractivity contribution >= 4 is 11.6 Å². The van der Waals surface area contributed by atoms with E-state index in [1.165, 1.54) is 0 Å². The molecule has 0 heterocycles. The van der Waals surface area contributed by atoms with Crippen molar-refractivity contribution < 1.29 is 4.74 Å². The fourth-order valence-electron chi connectivity index (χ4n) is 1.34. The fourth-order valence-corrected chi connectivity index (χ4v) is 1.34. The number of nitrogens with zero attached hydrogens (tertiary/aromatic N) is 2. The molecule has 1 aromatic carbocycles. The molecule has 2 N–H and O–H groups in total. The molecule has 16 heavy (non-hydrogen) atoms. The Labute approximate surface area is 96.7 Å². The van der Waals surface area contributed by atoms with Crippen molar-refractivity contribution in [3.63, 3.8) is 0 Å². The largest absolute Gasteiger partial charge is 0.383 e. The smallest absolute Gasteiger partial charge is 0.196 e. The minimum Gasteiger partial charge on any atom is -0.383 e. The third-order valence-electron chi connectivity index (χ3n) is 2.27. The molecule has 0 spiro atoms. The van der Waals surface area contributed by atoms with Gasteiger partial charge in [0.15, 0.2) is 5.96 Å². The highest BCUT2D eigenvalue weighted by Crippen LogP contribution is 2.09. The van der Waals surface area contributed by atoms with Crippen LogP contribution in [0.4, 0.5) is 5.69 Å². The number of guanidine groups is 1. The maximum absolute atomic E-state index is 5.92. The van der Waals surface area contributed by atoms with Gasteiger partial charge in [0, 0.05) is 20.2 Å². The molecule has 0 bridgehead atoms. The highest BCUT2D eigenvalue weighted by atomic mass is 16.5. The molecule has 1 aromatic rings. The first-order chi connectivity index (χ1) is 7.77. The SMILES string of the molecule is CCN(CCOC)C(N)=Nc1ccccc1. The van der Waals surface area contributed by atoms with Gasteiger partial charge in [0.25, 0.3) is 0 Å². The Balaban J connectivity index is 2.67. The number of hydrogen-bond acceptors (Lipinski definition) is 2. The van der Waals surface area contributed by atoms with Crippen LogP contribution in [0.15, 0.2) is 35.3 Å².